The molecule has 1 N–H and O–H groups in total. The first-order valence-corrected chi connectivity index (χ1v) is 7.93. The fraction of sp³-hybridized carbons (Fsp3) is 0.500. The molecule has 23 heavy (non-hydrogen) atoms. The molecule has 1 aromatic carbocycles. The molecule has 5 nitrogen and oxygen atoms in total. The van der Waals surface area contributed by atoms with Crippen LogP contribution >= 0.6 is 0 Å². The lowest BCUT2D eigenvalue weighted by molar-refractivity contribution is -0.127. The van der Waals surface area contributed by atoms with Crippen molar-refractivity contribution in [1.82, 2.24) is 4.90 Å². The van der Waals surface area contributed by atoms with Crippen LogP contribution < -0.4 is 4.90 Å². The van der Waals surface area contributed by atoms with Crippen LogP contribution in [0.1, 0.15) is 19.4 Å². The molecule has 1 aliphatic rings. The topological polar surface area (TPSA) is 53.0 Å². The second-order valence-electron chi connectivity index (χ2n) is 6.53. The number of hydrogen-bond donors (Lipinski definition) is 1. The average Bonchev–Trinajstić information content (AvgIpc) is 2.52. The number of rotatable bonds is 5. The quantitative estimate of drug-likeness (QED) is 0.841. The molecule has 1 aromatic rings. The smallest absolute Gasteiger partial charge is 0.246 e. The average molecular weight is 318 g/mol. The highest BCUT2D eigenvalue weighted by atomic mass is 16.5. The molecule has 0 saturated carbocycles. The Balaban J connectivity index is 1.93. The number of aliphatic hydroxyl groups is 1. The Kier molecular flexibility index (Phi) is 5.80. The molecule has 0 aliphatic carbocycles. The van der Waals surface area contributed by atoms with Crippen LogP contribution in [0.3, 0.4) is 0 Å². The van der Waals surface area contributed by atoms with E-state index in [0.29, 0.717) is 6.54 Å². The Morgan fingerprint density at radius 2 is 1.91 bits per heavy atom. The van der Waals surface area contributed by atoms with Crippen molar-refractivity contribution in [2.75, 3.05) is 44.8 Å². The lowest BCUT2D eigenvalue weighted by atomic mass is 10.1. The second kappa shape index (κ2) is 7.62. The molecule has 2 rings (SSSR count). The Labute approximate surface area is 138 Å². The summed E-state index contributed by atoms with van der Waals surface area (Å²) in [4.78, 5) is 15.8. The summed E-state index contributed by atoms with van der Waals surface area (Å²) in [6.07, 6.45) is 3.34. The number of ether oxygens (including phenoxy) is 1. The predicted octanol–water partition coefficient (Wildman–Crippen LogP) is 1.77. The molecule has 0 atom stereocenters. The normalized spacial score (nSPS) is 15.9. The maximum absolute atomic E-state index is 12.0. The van der Waals surface area contributed by atoms with Crippen LogP contribution in [0, 0.1) is 0 Å². The van der Waals surface area contributed by atoms with E-state index in [1.165, 1.54) is 16.7 Å². The summed E-state index contributed by atoms with van der Waals surface area (Å²) in [7, 11) is 1.69. The molecule has 1 aliphatic heterocycles. The molecule has 0 radical (unpaired) electrons. The molecule has 0 spiro atoms. The minimum Gasteiger partial charge on any atom is -0.389 e. The van der Waals surface area contributed by atoms with Crippen LogP contribution in [0.2, 0.25) is 0 Å². The molecule has 0 bridgehead atoms. The monoisotopic (exact) mass is 318 g/mol. The van der Waals surface area contributed by atoms with Crippen molar-refractivity contribution >= 4 is 17.7 Å². The van der Waals surface area contributed by atoms with Gasteiger partial charge in [-0.2, -0.15) is 0 Å². The van der Waals surface area contributed by atoms with E-state index in [4.69, 9.17) is 4.74 Å². The fourth-order valence-corrected chi connectivity index (χ4v) is 2.57. The number of amides is 1. The van der Waals surface area contributed by atoms with Crippen molar-refractivity contribution in [2.24, 2.45) is 0 Å². The second-order valence-corrected chi connectivity index (χ2v) is 6.53. The summed E-state index contributed by atoms with van der Waals surface area (Å²) in [5, 5.41) is 9.75. The van der Waals surface area contributed by atoms with Gasteiger partial charge in [0.2, 0.25) is 5.91 Å². The molecule has 126 valence electrons. The van der Waals surface area contributed by atoms with Crippen LogP contribution in [-0.4, -0.2) is 61.4 Å². The Hall–Kier alpha value is -1.85. The Bertz CT molecular complexity index is 540. The maximum atomic E-state index is 12.0. The summed E-state index contributed by atoms with van der Waals surface area (Å²) < 4.78 is 5.35. The van der Waals surface area contributed by atoms with Crippen LogP contribution in [0.15, 0.2) is 30.3 Å². The van der Waals surface area contributed by atoms with Crippen molar-refractivity contribution in [2.45, 2.75) is 19.4 Å². The number of hydrogen-bond acceptors (Lipinski definition) is 4. The predicted molar refractivity (Wildman–Crippen MR) is 92.4 cm³/mol. The summed E-state index contributed by atoms with van der Waals surface area (Å²) in [5.41, 5.74) is 1.26. The number of likely N-dealkylation sites (N-methyl/N-ethyl adjacent to an activating group) is 1. The van der Waals surface area contributed by atoms with E-state index in [9.17, 15) is 9.90 Å². The van der Waals surface area contributed by atoms with Gasteiger partial charge in [0.1, 0.15) is 0 Å². The zero-order valence-electron chi connectivity index (χ0n) is 14.2. The number of carbonyl (C=O) groups is 1. The lowest BCUT2D eigenvalue weighted by Crippen LogP contribution is -2.38. The van der Waals surface area contributed by atoms with Crippen molar-refractivity contribution in [3.8, 4) is 0 Å². The Morgan fingerprint density at radius 1 is 1.30 bits per heavy atom. The molecule has 5 heteroatoms. The molecule has 1 fully saturated rings. The summed E-state index contributed by atoms with van der Waals surface area (Å²) in [6, 6.07) is 8.14. The van der Waals surface area contributed by atoms with E-state index in [1.54, 1.807) is 27.0 Å². The third-order valence-electron chi connectivity index (χ3n) is 3.69. The summed E-state index contributed by atoms with van der Waals surface area (Å²) >= 11 is 0. The van der Waals surface area contributed by atoms with Crippen LogP contribution in [0.5, 0.6) is 0 Å². The molecule has 1 saturated heterocycles. The minimum atomic E-state index is -0.891. The van der Waals surface area contributed by atoms with Crippen molar-refractivity contribution in [1.29, 1.82) is 0 Å². The number of nitrogens with zero attached hydrogens (tertiary/aromatic N) is 2. The number of carbonyl (C=O) groups excluding carboxylic acids is 1. The highest BCUT2D eigenvalue weighted by Gasteiger charge is 2.17. The van der Waals surface area contributed by atoms with E-state index in [1.807, 2.05) is 12.1 Å². The van der Waals surface area contributed by atoms with Crippen LogP contribution in [0.25, 0.3) is 6.08 Å². The van der Waals surface area contributed by atoms with E-state index >= 15 is 0 Å². The van der Waals surface area contributed by atoms with Gasteiger partial charge in [-0.05, 0) is 37.6 Å². The lowest BCUT2D eigenvalue weighted by Gasteiger charge is -2.28. The van der Waals surface area contributed by atoms with Crippen molar-refractivity contribution in [3.63, 3.8) is 0 Å². The van der Waals surface area contributed by atoms with Gasteiger partial charge < -0.3 is 19.6 Å². The first-order chi connectivity index (χ1) is 10.8. The van der Waals surface area contributed by atoms with Crippen LogP contribution in [-0.2, 0) is 9.53 Å². The fourth-order valence-electron chi connectivity index (χ4n) is 2.57. The van der Waals surface area contributed by atoms with E-state index in [2.05, 4.69) is 17.0 Å². The Morgan fingerprint density at radius 3 is 2.48 bits per heavy atom. The first-order valence-electron chi connectivity index (χ1n) is 7.93. The number of benzene rings is 1. The molecule has 1 heterocycles. The third-order valence-corrected chi connectivity index (χ3v) is 3.69. The molecule has 1 amide bonds. The van der Waals surface area contributed by atoms with Gasteiger partial charge >= 0.3 is 0 Å². The van der Waals surface area contributed by atoms with Gasteiger partial charge in [0.25, 0.3) is 0 Å². The minimum absolute atomic E-state index is 0.121. The van der Waals surface area contributed by atoms with Gasteiger partial charge in [0.15, 0.2) is 0 Å². The van der Waals surface area contributed by atoms with Gasteiger partial charge in [0, 0.05) is 38.4 Å². The van der Waals surface area contributed by atoms with E-state index in [0.717, 1.165) is 31.9 Å². The SMILES string of the molecule is CN(CC(C)(C)O)C(=O)/C=C/c1ccc(N2CCOCC2)cc1. The summed E-state index contributed by atoms with van der Waals surface area (Å²) in [6.45, 7) is 7.03. The van der Waals surface area contributed by atoms with Crippen molar-refractivity contribution < 1.29 is 14.6 Å². The van der Waals surface area contributed by atoms with E-state index < -0.39 is 5.60 Å². The zero-order valence-corrected chi connectivity index (χ0v) is 14.2. The molecular formula is C18H26N2O3. The highest BCUT2D eigenvalue weighted by molar-refractivity contribution is 5.91. The van der Waals surface area contributed by atoms with Gasteiger partial charge in [-0.3, -0.25) is 4.79 Å². The van der Waals surface area contributed by atoms with E-state index in [-0.39, 0.29) is 5.91 Å². The largest absolute Gasteiger partial charge is 0.389 e. The van der Waals surface area contributed by atoms with Gasteiger partial charge in [-0.15, -0.1) is 0 Å². The molecule has 0 aromatic heterocycles. The van der Waals surface area contributed by atoms with Gasteiger partial charge in [-0.25, -0.2) is 0 Å². The number of anilines is 1. The summed E-state index contributed by atoms with van der Waals surface area (Å²) in [5.74, 6) is -0.121. The first kappa shape index (κ1) is 17.5. The maximum Gasteiger partial charge on any atom is 0.246 e. The van der Waals surface area contributed by atoms with Crippen molar-refractivity contribution in [3.05, 3.63) is 35.9 Å². The van der Waals surface area contributed by atoms with Gasteiger partial charge in [-0.1, -0.05) is 12.1 Å². The third kappa shape index (κ3) is 5.69. The number of morpholine rings is 1. The molecule has 0 unspecified atom stereocenters. The van der Waals surface area contributed by atoms with Gasteiger partial charge in [0.05, 0.1) is 18.8 Å². The molecular weight excluding hydrogens is 292 g/mol. The highest BCUT2D eigenvalue weighted by Crippen LogP contribution is 2.17. The standard InChI is InChI=1S/C18H26N2O3/c1-18(2,22)14-19(3)17(21)9-6-15-4-7-16(8-5-15)20-10-12-23-13-11-20/h4-9,22H,10-14H2,1-3H3/b9-6+. The zero-order chi connectivity index (χ0) is 16.9. The van der Waals surface area contributed by atoms with Crippen LogP contribution in [0.4, 0.5) is 5.69 Å².